The lowest BCUT2D eigenvalue weighted by molar-refractivity contribution is -0.134. The lowest BCUT2D eigenvalue weighted by Gasteiger charge is -1.99. The largest absolute Gasteiger partial charge is 0.466 e. The fourth-order valence-corrected chi connectivity index (χ4v) is 0.853. The maximum Gasteiger partial charge on any atom is 0.333 e. The Hall–Kier alpha value is -1.77. The van der Waals surface area contributed by atoms with Crippen LogP contribution < -0.4 is 4.74 Å². The van der Waals surface area contributed by atoms with E-state index in [2.05, 4.69) is 4.74 Å². The van der Waals surface area contributed by atoms with Gasteiger partial charge in [0.2, 0.25) is 0 Å². The van der Waals surface area contributed by atoms with Gasteiger partial charge in [-0.05, 0) is 19.1 Å². The standard InChI is InChI=1S/C11H12O3/c1-9-3-5-10(6-4-9)14-8-7-11(12)13-2/h3-8H,1-2H3/b8-7-. The predicted molar refractivity (Wildman–Crippen MR) is 53.0 cm³/mol. The highest BCUT2D eigenvalue weighted by molar-refractivity contribution is 5.81. The maximum absolute atomic E-state index is 10.7. The van der Waals surface area contributed by atoms with E-state index in [-0.39, 0.29) is 0 Å². The Balaban J connectivity index is 2.49. The van der Waals surface area contributed by atoms with Crippen LogP contribution in [0.25, 0.3) is 0 Å². The topological polar surface area (TPSA) is 35.5 Å². The van der Waals surface area contributed by atoms with Gasteiger partial charge in [0.15, 0.2) is 0 Å². The Morgan fingerprint density at radius 1 is 1.29 bits per heavy atom. The second kappa shape index (κ2) is 5.07. The van der Waals surface area contributed by atoms with Crippen molar-refractivity contribution in [3.05, 3.63) is 42.2 Å². The predicted octanol–water partition coefficient (Wildman–Crippen LogP) is 2.06. The minimum atomic E-state index is -0.433. The highest BCUT2D eigenvalue weighted by atomic mass is 16.5. The molecule has 0 amide bonds. The quantitative estimate of drug-likeness (QED) is 0.417. The monoisotopic (exact) mass is 192 g/mol. The van der Waals surface area contributed by atoms with Crippen LogP contribution >= 0.6 is 0 Å². The number of aryl methyl sites for hydroxylation is 1. The third-order valence-corrected chi connectivity index (χ3v) is 1.63. The smallest absolute Gasteiger partial charge is 0.333 e. The molecular formula is C11H12O3. The van der Waals surface area contributed by atoms with Crippen LogP contribution in [0.4, 0.5) is 0 Å². The SMILES string of the molecule is COC(=O)/C=C\Oc1ccc(C)cc1. The molecule has 0 heterocycles. The fraction of sp³-hybridized carbons (Fsp3) is 0.182. The van der Waals surface area contributed by atoms with E-state index in [1.807, 2.05) is 31.2 Å². The van der Waals surface area contributed by atoms with Gasteiger partial charge in [-0.1, -0.05) is 17.7 Å². The molecule has 0 atom stereocenters. The van der Waals surface area contributed by atoms with Crippen molar-refractivity contribution < 1.29 is 14.3 Å². The molecule has 74 valence electrons. The van der Waals surface area contributed by atoms with E-state index in [0.29, 0.717) is 5.75 Å². The normalized spacial score (nSPS) is 10.1. The van der Waals surface area contributed by atoms with Crippen LogP contribution in [-0.4, -0.2) is 13.1 Å². The van der Waals surface area contributed by atoms with E-state index in [4.69, 9.17) is 4.74 Å². The molecule has 0 spiro atoms. The minimum Gasteiger partial charge on any atom is -0.466 e. The van der Waals surface area contributed by atoms with E-state index in [9.17, 15) is 4.79 Å². The number of carbonyl (C=O) groups excluding carboxylic acids is 1. The number of hydrogen-bond donors (Lipinski definition) is 0. The molecule has 0 unspecified atom stereocenters. The molecule has 0 saturated heterocycles. The highest BCUT2D eigenvalue weighted by Gasteiger charge is 1.92. The lowest BCUT2D eigenvalue weighted by Crippen LogP contribution is -1.95. The molecule has 14 heavy (non-hydrogen) atoms. The number of ether oxygens (including phenoxy) is 2. The van der Waals surface area contributed by atoms with Crippen LogP contribution in [0, 0.1) is 6.92 Å². The van der Waals surface area contributed by atoms with E-state index in [1.165, 1.54) is 19.4 Å². The molecule has 0 bridgehead atoms. The first-order valence-electron chi connectivity index (χ1n) is 4.20. The zero-order valence-electron chi connectivity index (χ0n) is 8.19. The highest BCUT2D eigenvalue weighted by Crippen LogP contribution is 2.11. The van der Waals surface area contributed by atoms with Gasteiger partial charge in [0.1, 0.15) is 5.75 Å². The molecule has 0 aliphatic carbocycles. The summed E-state index contributed by atoms with van der Waals surface area (Å²) in [6.45, 7) is 1.99. The minimum absolute atomic E-state index is 0.433. The first-order chi connectivity index (χ1) is 6.72. The maximum atomic E-state index is 10.7. The summed E-state index contributed by atoms with van der Waals surface area (Å²) in [5.74, 6) is 0.257. The first-order valence-corrected chi connectivity index (χ1v) is 4.20. The summed E-state index contributed by atoms with van der Waals surface area (Å²) in [5, 5.41) is 0. The van der Waals surface area contributed by atoms with Gasteiger partial charge in [-0.15, -0.1) is 0 Å². The Morgan fingerprint density at radius 2 is 1.93 bits per heavy atom. The second-order valence-corrected chi connectivity index (χ2v) is 2.76. The summed E-state index contributed by atoms with van der Waals surface area (Å²) in [6.07, 6.45) is 2.52. The zero-order chi connectivity index (χ0) is 10.4. The van der Waals surface area contributed by atoms with Crippen molar-refractivity contribution >= 4 is 5.97 Å². The Kier molecular flexibility index (Phi) is 3.73. The van der Waals surface area contributed by atoms with E-state index < -0.39 is 5.97 Å². The molecule has 1 aromatic rings. The number of esters is 1. The average molecular weight is 192 g/mol. The summed E-state index contributed by atoms with van der Waals surface area (Å²) in [7, 11) is 1.32. The Labute approximate surface area is 83.0 Å². The van der Waals surface area contributed by atoms with Crippen molar-refractivity contribution in [3.8, 4) is 5.75 Å². The first kappa shape index (κ1) is 10.3. The molecule has 0 aliphatic heterocycles. The Bertz CT molecular complexity index is 325. The molecule has 0 N–H and O–H groups in total. The summed E-state index contributed by atoms with van der Waals surface area (Å²) >= 11 is 0. The van der Waals surface area contributed by atoms with Crippen LogP contribution in [0.3, 0.4) is 0 Å². The molecule has 1 aromatic carbocycles. The molecular weight excluding hydrogens is 180 g/mol. The zero-order valence-corrected chi connectivity index (χ0v) is 8.19. The van der Waals surface area contributed by atoms with Crippen LogP contribution in [0.5, 0.6) is 5.75 Å². The third kappa shape index (κ3) is 3.31. The number of hydrogen-bond acceptors (Lipinski definition) is 3. The van der Waals surface area contributed by atoms with E-state index in [1.54, 1.807) is 0 Å². The number of benzene rings is 1. The van der Waals surface area contributed by atoms with Gasteiger partial charge in [0.25, 0.3) is 0 Å². The number of rotatable bonds is 3. The summed E-state index contributed by atoms with van der Waals surface area (Å²) < 4.78 is 9.55. The van der Waals surface area contributed by atoms with Gasteiger partial charge in [-0.25, -0.2) is 4.79 Å². The van der Waals surface area contributed by atoms with Gasteiger partial charge in [0.05, 0.1) is 19.4 Å². The summed E-state index contributed by atoms with van der Waals surface area (Å²) in [6, 6.07) is 7.52. The van der Waals surface area contributed by atoms with Crippen molar-refractivity contribution in [2.45, 2.75) is 6.92 Å². The van der Waals surface area contributed by atoms with Crippen LogP contribution in [-0.2, 0) is 9.53 Å². The fourth-order valence-electron chi connectivity index (χ4n) is 0.853. The second-order valence-electron chi connectivity index (χ2n) is 2.76. The molecule has 0 saturated carbocycles. The van der Waals surface area contributed by atoms with Crippen LogP contribution in [0.15, 0.2) is 36.6 Å². The van der Waals surface area contributed by atoms with Crippen LogP contribution in [0.2, 0.25) is 0 Å². The molecule has 0 aromatic heterocycles. The summed E-state index contributed by atoms with van der Waals surface area (Å²) in [5.41, 5.74) is 1.16. The summed E-state index contributed by atoms with van der Waals surface area (Å²) in [4.78, 5) is 10.7. The van der Waals surface area contributed by atoms with E-state index >= 15 is 0 Å². The molecule has 0 fully saturated rings. The van der Waals surface area contributed by atoms with Crippen molar-refractivity contribution in [3.63, 3.8) is 0 Å². The van der Waals surface area contributed by atoms with Gasteiger partial charge in [0, 0.05) is 0 Å². The Morgan fingerprint density at radius 3 is 2.50 bits per heavy atom. The molecule has 3 nitrogen and oxygen atoms in total. The molecule has 0 aliphatic rings. The van der Waals surface area contributed by atoms with Crippen molar-refractivity contribution in [2.24, 2.45) is 0 Å². The average Bonchev–Trinajstić information content (AvgIpc) is 2.21. The van der Waals surface area contributed by atoms with Crippen molar-refractivity contribution in [2.75, 3.05) is 7.11 Å². The van der Waals surface area contributed by atoms with Crippen LogP contribution in [0.1, 0.15) is 5.56 Å². The van der Waals surface area contributed by atoms with E-state index in [0.717, 1.165) is 5.56 Å². The van der Waals surface area contributed by atoms with Gasteiger partial charge >= 0.3 is 5.97 Å². The molecule has 0 radical (unpaired) electrons. The lowest BCUT2D eigenvalue weighted by atomic mass is 10.2. The third-order valence-electron chi connectivity index (χ3n) is 1.63. The molecule has 1 rings (SSSR count). The number of carbonyl (C=O) groups is 1. The van der Waals surface area contributed by atoms with Gasteiger partial charge in [-0.3, -0.25) is 0 Å². The molecule has 3 heteroatoms. The number of methoxy groups -OCH3 is 1. The van der Waals surface area contributed by atoms with Crippen molar-refractivity contribution in [1.29, 1.82) is 0 Å². The van der Waals surface area contributed by atoms with Gasteiger partial charge in [-0.2, -0.15) is 0 Å². The van der Waals surface area contributed by atoms with Crippen molar-refractivity contribution in [1.82, 2.24) is 0 Å². The van der Waals surface area contributed by atoms with Gasteiger partial charge < -0.3 is 9.47 Å².